The van der Waals surface area contributed by atoms with E-state index in [0.717, 1.165) is 0 Å². The average Bonchev–Trinajstić information content (AvgIpc) is 2.45. The summed E-state index contributed by atoms with van der Waals surface area (Å²) >= 11 is 0. The first-order chi connectivity index (χ1) is 11.9. The molecule has 0 aromatic rings. The van der Waals surface area contributed by atoms with Crippen LogP contribution >= 0.6 is 0 Å². The molecule has 0 unspecified atom stereocenters. The van der Waals surface area contributed by atoms with Crippen molar-refractivity contribution >= 4 is 20.3 Å². The molecule has 5 nitrogen and oxygen atoms in total. The van der Waals surface area contributed by atoms with Crippen LogP contribution in [0.2, 0.25) is 19.6 Å². The standard InChI is InChI=1S/C16H27F5O5Si/c1-10(2)8-24-12(22)14(26-27(5,6)7,13(23)25-9-11(3)4)15(17,18)16(19,20)21/h10-11H,8-9H2,1-7H3. The topological polar surface area (TPSA) is 61.8 Å². The van der Waals surface area contributed by atoms with Crippen LogP contribution in [0.15, 0.2) is 0 Å². The lowest BCUT2D eigenvalue weighted by Crippen LogP contribution is -2.70. The van der Waals surface area contributed by atoms with Crippen LogP contribution in [0.25, 0.3) is 0 Å². The maximum Gasteiger partial charge on any atom is 0.457 e. The van der Waals surface area contributed by atoms with Gasteiger partial charge in [-0.05, 0) is 31.5 Å². The highest BCUT2D eigenvalue weighted by atomic mass is 28.4. The van der Waals surface area contributed by atoms with Gasteiger partial charge >= 0.3 is 29.6 Å². The Morgan fingerprint density at radius 2 is 1.15 bits per heavy atom. The first-order valence-electron chi connectivity index (χ1n) is 8.37. The van der Waals surface area contributed by atoms with Crippen molar-refractivity contribution in [3.63, 3.8) is 0 Å². The monoisotopic (exact) mass is 422 g/mol. The van der Waals surface area contributed by atoms with Gasteiger partial charge in [0.15, 0.2) is 8.32 Å². The summed E-state index contributed by atoms with van der Waals surface area (Å²) in [6, 6.07) is 0. The van der Waals surface area contributed by atoms with E-state index < -0.39 is 51.2 Å². The maximum atomic E-state index is 14.5. The van der Waals surface area contributed by atoms with Crippen molar-refractivity contribution in [2.45, 2.75) is 65.0 Å². The SMILES string of the molecule is CC(C)COC(=O)C(O[Si](C)(C)C)(C(=O)OCC(C)C)C(F)(F)C(F)(F)F. The van der Waals surface area contributed by atoms with Crippen LogP contribution in [-0.4, -0.2) is 51.2 Å². The molecule has 0 saturated heterocycles. The zero-order valence-electron chi connectivity index (χ0n) is 16.5. The highest BCUT2D eigenvalue weighted by Crippen LogP contribution is 2.48. The summed E-state index contributed by atoms with van der Waals surface area (Å²) in [7, 11) is -3.30. The molecule has 0 spiro atoms. The molecule has 0 N–H and O–H groups in total. The van der Waals surface area contributed by atoms with Crippen LogP contribution in [0.4, 0.5) is 22.0 Å². The van der Waals surface area contributed by atoms with Gasteiger partial charge in [-0.25, -0.2) is 9.59 Å². The fourth-order valence-electron chi connectivity index (χ4n) is 1.83. The van der Waals surface area contributed by atoms with Gasteiger partial charge in [-0.3, -0.25) is 0 Å². The summed E-state index contributed by atoms with van der Waals surface area (Å²) in [5.41, 5.74) is -4.26. The smallest absolute Gasteiger partial charge is 0.457 e. The van der Waals surface area contributed by atoms with Crippen LogP contribution in [0, 0.1) is 11.8 Å². The minimum Gasteiger partial charge on any atom is -0.463 e. The first-order valence-corrected chi connectivity index (χ1v) is 11.8. The summed E-state index contributed by atoms with van der Waals surface area (Å²) < 4.78 is 82.7. The van der Waals surface area contributed by atoms with Crippen molar-refractivity contribution in [3.8, 4) is 0 Å². The predicted molar refractivity (Wildman–Crippen MR) is 89.8 cm³/mol. The molecule has 0 saturated carbocycles. The Balaban J connectivity index is 6.46. The third kappa shape index (κ3) is 6.41. The number of rotatable bonds is 9. The van der Waals surface area contributed by atoms with Crippen LogP contribution in [0.5, 0.6) is 0 Å². The van der Waals surface area contributed by atoms with Gasteiger partial charge in [0.25, 0.3) is 0 Å². The van der Waals surface area contributed by atoms with Crippen molar-refractivity contribution in [1.29, 1.82) is 0 Å². The fraction of sp³-hybridized carbons (Fsp3) is 0.875. The number of hydrogen-bond acceptors (Lipinski definition) is 5. The van der Waals surface area contributed by atoms with Crippen molar-refractivity contribution in [1.82, 2.24) is 0 Å². The molecule has 0 aliphatic carbocycles. The molecular weight excluding hydrogens is 395 g/mol. The minimum absolute atomic E-state index is 0.371. The molecule has 0 atom stereocenters. The highest BCUT2D eigenvalue weighted by Gasteiger charge is 2.80. The van der Waals surface area contributed by atoms with Gasteiger partial charge in [-0.15, -0.1) is 0 Å². The van der Waals surface area contributed by atoms with Crippen LogP contribution in [0.1, 0.15) is 27.7 Å². The number of hydrogen-bond donors (Lipinski definition) is 0. The lowest BCUT2D eigenvalue weighted by atomic mass is 9.94. The van der Waals surface area contributed by atoms with E-state index in [0.29, 0.717) is 0 Å². The molecule has 0 aliphatic heterocycles. The summed E-state index contributed by atoms with van der Waals surface area (Å²) in [5, 5.41) is 0. The van der Waals surface area contributed by atoms with E-state index in [9.17, 15) is 31.5 Å². The Morgan fingerprint density at radius 1 is 0.815 bits per heavy atom. The number of carbonyl (C=O) groups excluding carboxylic acids is 2. The van der Waals surface area contributed by atoms with E-state index in [2.05, 4.69) is 9.47 Å². The minimum atomic E-state index is -6.25. The average molecular weight is 422 g/mol. The maximum absolute atomic E-state index is 14.5. The molecule has 0 amide bonds. The van der Waals surface area contributed by atoms with Crippen LogP contribution in [0.3, 0.4) is 0 Å². The molecule has 0 aliphatic rings. The number of ether oxygens (including phenoxy) is 2. The van der Waals surface area contributed by atoms with Gasteiger partial charge in [0.05, 0.1) is 13.2 Å². The third-order valence-corrected chi connectivity index (χ3v) is 3.85. The lowest BCUT2D eigenvalue weighted by molar-refractivity contribution is -0.330. The fourth-order valence-corrected chi connectivity index (χ4v) is 3.05. The van der Waals surface area contributed by atoms with E-state index in [1.54, 1.807) is 27.7 Å². The van der Waals surface area contributed by atoms with E-state index >= 15 is 0 Å². The summed E-state index contributed by atoms with van der Waals surface area (Å²) in [6.07, 6.45) is -6.25. The Bertz CT molecular complexity index is 502. The highest BCUT2D eigenvalue weighted by molar-refractivity contribution is 6.70. The van der Waals surface area contributed by atoms with Crippen molar-refractivity contribution in [3.05, 3.63) is 0 Å². The number of alkyl halides is 5. The summed E-state index contributed by atoms with van der Waals surface area (Å²) in [5.74, 6) is -10.8. The second-order valence-corrected chi connectivity index (χ2v) is 12.4. The van der Waals surface area contributed by atoms with Gasteiger partial charge in [-0.2, -0.15) is 22.0 Å². The molecule has 0 aromatic heterocycles. The zero-order valence-corrected chi connectivity index (χ0v) is 17.5. The third-order valence-electron chi connectivity index (χ3n) is 2.93. The number of halogens is 5. The molecule has 0 aromatic carbocycles. The Morgan fingerprint density at radius 3 is 1.37 bits per heavy atom. The second kappa shape index (κ2) is 8.85. The second-order valence-electron chi connectivity index (χ2n) is 7.95. The molecule has 27 heavy (non-hydrogen) atoms. The number of esters is 2. The van der Waals surface area contributed by atoms with Gasteiger partial charge < -0.3 is 13.9 Å². The predicted octanol–water partition coefficient (Wildman–Crippen LogP) is 4.17. The van der Waals surface area contributed by atoms with Crippen molar-refractivity contribution in [2.75, 3.05) is 13.2 Å². The molecule has 0 bridgehead atoms. The van der Waals surface area contributed by atoms with E-state index in [1.165, 1.54) is 19.6 Å². The normalized spacial score (nSPS) is 13.9. The molecule has 11 heteroatoms. The zero-order chi connectivity index (χ0) is 21.8. The summed E-state index contributed by atoms with van der Waals surface area (Å²) in [6.45, 7) is 9.04. The van der Waals surface area contributed by atoms with Crippen LogP contribution in [-0.2, 0) is 23.5 Å². The Hall–Kier alpha value is -1.23. The quantitative estimate of drug-likeness (QED) is 0.242. The van der Waals surface area contributed by atoms with Gasteiger partial charge in [-0.1, -0.05) is 27.7 Å². The van der Waals surface area contributed by atoms with E-state index in [4.69, 9.17) is 4.43 Å². The molecule has 0 heterocycles. The Labute approximate surface area is 156 Å². The molecular formula is C16H27F5O5Si. The molecule has 0 fully saturated rings. The van der Waals surface area contributed by atoms with Gasteiger partial charge in [0.2, 0.25) is 0 Å². The Kier molecular flexibility index (Phi) is 8.44. The van der Waals surface area contributed by atoms with Gasteiger partial charge in [0.1, 0.15) is 0 Å². The van der Waals surface area contributed by atoms with Crippen molar-refractivity contribution < 1.29 is 45.4 Å². The lowest BCUT2D eigenvalue weighted by Gasteiger charge is -2.40. The van der Waals surface area contributed by atoms with Crippen LogP contribution < -0.4 is 0 Å². The summed E-state index contributed by atoms with van der Waals surface area (Å²) in [4.78, 5) is 24.8. The molecule has 0 rings (SSSR count). The van der Waals surface area contributed by atoms with Crippen molar-refractivity contribution in [2.24, 2.45) is 11.8 Å². The van der Waals surface area contributed by atoms with E-state index in [-0.39, 0.29) is 11.8 Å². The molecule has 0 radical (unpaired) electrons. The molecule has 160 valence electrons. The first kappa shape index (κ1) is 25.8. The largest absolute Gasteiger partial charge is 0.463 e. The number of carbonyl (C=O) groups is 2. The van der Waals surface area contributed by atoms with Gasteiger partial charge in [0, 0.05) is 0 Å². The van der Waals surface area contributed by atoms with E-state index in [1.807, 2.05) is 0 Å².